The molecule has 28 heavy (non-hydrogen) atoms. The van der Waals surface area contributed by atoms with Gasteiger partial charge in [0.05, 0.1) is 5.60 Å². The molecule has 1 unspecified atom stereocenters. The van der Waals surface area contributed by atoms with Crippen LogP contribution in [0.5, 0.6) is 0 Å². The zero-order valence-electron chi connectivity index (χ0n) is 19.7. The molecule has 8 atom stereocenters. The van der Waals surface area contributed by atoms with E-state index in [2.05, 4.69) is 47.7 Å². The van der Waals surface area contributed by atoms with E-state index >= 15 is 0 Å². The molecule has 162 valence electrons. The van der Waals surface area contributed by atoms with Crippen molar-refractivity contribution in [2.75, 3.05) is 0 Å². The van der Waals surface area contributed by atoms with Gasteiger partial charge in [-0.15, -0.1) is 0 Å². The predicted molar refractivity (Wildman–Crippen MR) is 127 cm³/mol. The fraction of sp³-hybridized carbons (Fsp3) is 1.00. The van der Waals surface area contributed by atoms with Gasteiger partial charge in [-0.2, -0.15) is 12.6 Å². The summed E-state index contributed by atoms with van der Waals surface area (Å²) in [5, 5.41) is 0.966. The van der Waals surface area contributed by atoms with Crippen molar-refractivity contribution in [3.8, 4) is 0 Å². The van der Waals surface area contributed by atoms with Crippen LogP contribution in [0.1, 0.15) is 92.4 Å². The number of rotatable bonds is 2. The molecule has 4 aliphatic rings. The van der Waals surface area contributed by atoms with E-state index in [1.807, 2.05) is 0 Å². The van der Waals surface area contributed by atoms with Crippen LogP contribution in [0.4, 0.5) is 0 Å². The standard InChI is InChI=1S/C25H46OSSi/c1-23(2,3)28(6,7)26-24(4)14-12-18-17(16-24)8-9-20-19(18)13-15-25(5)21(20)10-11-22(25)27/h17-22,27H,8-16H2,1-7H3/t17-,18+,19-,20-,21+,22?,24-,25+/m1/s1. The molecule has 0 radical (unpaired) electrons. The van der Waals surface area contributed by atoms with Crippen molar-refractivity contribution in [1.82, 2.24) is 0 Å². The molecule has 0 aromatic rings. The third-order valence-electron chi connectivity index (χ3n) is 10.5. The minimum atomic E-state index is -1.70. The van der Waals surface area contributed by atoms with Gasteiger partial charge in [0, 0.05) is 5.25 Å². The quantitative estimate of drug-likeness (QED) is 0.354. The summed E-state index contributed by atoms with van der Waals surface area (Å²) >= 11 is 5.02. The van der Waals surface area contributed by atoms with Crippen LogP contribution in [0.2, 0.25) is 18.1 Å². The molecule has 1 nitrogen and oxygen atoms in total. The molecule has 0 aromatic carbocycles. The van der Waals surface area contributed by atoms with E-state index in [-0.39, 0.29) is 5.60 Å². The fourth-order valence-electron chi connectivity index (χ4n) is 7.90. The number of hydrogen-bond donors (Lipinski definition) is 1. The smallest absolute Gasteiger partial charge is 0.192 e. The first-order valence-electron chi connectivity index (χ1n) is 12.2. The summed E-state index contributed by atoms with van der Waals surface area (Å²) in [6.07, 6.45) is 12.7. The first-order chi connectivity index (χ1) is 12.9. The van der Waals surface area contributed by atoms with E-state index in [0.29, 0.717) is 15.7 Å². The van der Waals surface area contributed by atoms with Crippen LogP contribution >= 0.6 is 12.6 Å². The monoisotopic (exact) mass is 422 g/mol. The maximum atomic E-state index is 7.04. The lowest BCUT2D eigenvalue weighted by Crippen LogP contribution is -2.54. The highest BCUT2D eigenvalue weighted by molar-refractivity contribution is 7.81. The highest BCUT2D eigenvalue weighted by Gasteiger charge is 2.57. The molecule has 4 rings (SSSR count). The maximum Gasteiger partial charge on any atom is 0.192 e. The van der Waals surface area contributed by atoms with Crippen molar-refractivity contribution < 1.29 is 4.43 Å². The van der Waals surface area contributed by atoms with Gasteiger partial charge in [0.15, 0.2) is 8.32 Å². The van der Waals surface area contributed by atoms with E-state index in [0.717, 1.165) is 29.6 Å². The molecule has 0 N–H and O–H groups in total. The zero-order chi connectivity index (χ0) is 20.5. The van der Waals surface area contributed by atoms with Crippen LogP contribution in [-0.2, 0) is 4.43 Å². The molecule has 4 aliphatic carbocycles. The molecular formula is C25H46OSSi. The highest BCUT2D eigenvalue weighted by Crippen LogP contribution is 2.64. The number of fused-ring (bicyclic) bond motifs is 5. The Morgan fingerprint density at radius 2 is 1.54 bits per heavy atom. The summed E-state index contributed by atoms with van der Waals surface area (Å²) in [5.74, 6) is 4.88. The van der Waals surface area contributed by atoms with Gasteiger partial charge < -0.3 is 4.43 Å². The second-order valence-electron chi connectivity index (χ2n) is 13.1. The summed E-state index contributed by atoms with van der Waals surface area (Å²) in [4.78, 5) is 0. The topological polar surface area (TPSA) is 9.23 Å². The molecule has 0 spiro atoms. The highest BCUT2D eigenvalue weighted by atomic mass is 32.1. The molecule has 0 heterocycles. The first kappa shape index (κ1) is 21.7. The Morgan fingerprint density at radius 3 is 2.21 bits per heavy atom. The van der Waals surface area contributed by atoms with Gasteiger partial charge in [0.2, 0.25) is 0 Å². The Morgan fingerprint density at radius 1 is 0.857 bits per heavy atom. The number of thiol groups is 1. The van der Waals surface area contributed by atoms with E-state index in [9.17, 15) is 0 Å². The Balaban J connectivity index is 1.46. The third kappa shape index (κ3) is 3.48. The summed E-state index contributed by atoms with van der Waals surface area (Å²) in [7, 11) is -1.70. The minimum absolute atomic E-state index is 0.129. The van der Waals surface area contributed by atoms with Crippen LogP contribution in [0.15, 0.2) is 0 Å². The summed E-state index contributed by atoms with van der Waals surface area (Å²) in [6, 6.07) is 0. The summed E-state index contributed by atoms with van der Waals surface area (Å²) in [5.41, 5.74) is 0.662. The van der Waals surface area contributed by atoms with Gasteiger partial charge in [0.1, 0.15) is 0 Å². The van der Waals surface area contributed by atoms with Gasteiger partial charge in [-0.3, -0.25) is 0 Å². The maximum absolute atomic E-state index is 7.04. The molecule has 3 heteroatoms. The minimum Gasteiger partial charge on any atom is -0.412 e. The van der Waals surface area contributed by atoms with Crippen molar-refractivity contribution >= 4 is 20.9 Å². The molecule has 4 saturated carbocycles. The van der Waals surface area contributed by atoms with Crippen molar-refractivity contribution in [3.05, 3.63) is 0 Å². The van der Waals surface area contributed by atoms with Gasteiger partial charge in [-0.1, -0.05) is 27.7 Å². The average molecular weight is 423 g/mol. The van der Waals surface area contributed by atoms with Crippen molar-refractivity contribution in [2.24, 2.45) is 35.0 Å². The van der Waals surface area contributed by atoms with Gasteiger partial charge in [0.25, 0.3) is 0 Å². The lowest BCUT2D eigenvalue weighted by molar-refractivity contribution is -0.0885. The molecule has 4 fully saturated rings. The van der Waals surface area contributed by atoms with Gasteiger partial charge >= 0.3 is 0 Å². The second-order valence-corrected chi connectivity index (χ2v) is 18.5. The first-order valence-corrected chi connectivity index (χ1v) is 15.7. The predicted octanol–water partition coefficient (Wildman–Crippen LogP) is 7.72. The van der Waals surface area contributed by atoms with Crippen LogP contribution in [0.3, 0.4) is 0 Å². The van der Waals surface area contributed by atoms with Crippen molar-refractivity contribution in [3.63, 3.8) is 0 Å². The third-order valence-corrected chi connectivity index (χ3v) is 15.9. The SMILES string of the molecule is CC(C)(C)[Si](C)(C)O[C@]1(C)CC[C@H]2[C@H](CC[C@@H]3[C@@H]2CC[C@]2(C)C(S)CC[C@@H]32)C1. The van der Waals surface area contributed by atoms with Crippen molar-refractivity contribution in [1.29, 1.82) is 0 Å². The fourth-order valence-corrected chi connectivity index (χ4v) is 10.1. The summed E-state index contributed by atoms with van der Waals surface area (Å²) < 4.78 is 7.04. The van der Waals surface area contributed by atoms with Gasteiger partial charge in [-0.05, 0) is 118 Å². The van der Waals surface area contributed by atoms with E-state index in [1.54, 1.807) is 0 Å². The van der Waals surface area contributed by atoms with Crippen LogP contribution in [-0.4, -0.2) is 19.2 Å². The summed E-state index contributed by atoms with van der Waals surface area (Å²) in [6.45, 7) is 17.1. The molecule has 0 amide bonds. The van der Waals surface area contributed by atoms with E-state index in [1.165, 1.54) is 57.8 Å². The van der Waals surface area contributed by atoms with Crippen LogP contribution < -0.4 is 0 Å². The Labute approximate surface area is 181 Å². The lowest BCUT2D eigenvalue weighted by atomic mass is 9.50. The average Bonchev–Trinajstić information content (AvgIpc) is 2.88. The second kappa shape index (κ2) is 7.02. The van der Waals surface area contributed by atoms with Crippen LogP contribution in [0, 0.1) is 35.0 Å². The van der Waals surface area contributed by atoms with Crippen LogP contribution in [0.25, 0.3) is 0 Å². The molecular weight excluding hydrogens is 376 g/mol. The molecule has 0 saturated heterocycles. The van der Waals surface area contributed by atoms with Gasteiger partial charge in [-0.25, -0.2) is 0 Å². The molecule has 0 bridgehead atoms. The van der Waals surface area contributed by atoms with Crippen molar-refractivity contribution in [2.45, 2.75) is 121 Å². The molecule has 0 aromatic heterocycles. The Hall–Kier alpha value is 0.527. The molecule has 0 aliphatic heterocycles. The number of hydrogen-bond acceptors (Lipinski definition) is 2. The van der Waals surface area contributed by atoms with E-state index < -0.39 is 8.32 Å². The van der Waals surface area contributed by atoms with E-state index in [4.69, 9.17) is 17.1 Å². The Bertz CT molecular complexity index is 598. The largest absolute Gasteiger partial charge is 0.412 e. The lowest BCUT2D eigenvalue weighted by Gasteiger charge is -2.58. The zero-order valence-corrected chi connectivity index (χ0v) is 21.6. The Kier molecular flexibility index (Phi) is 5.45. The normalized spacial score (nSPS) is 49.3.